The van der Waals surface area contributed by atoms with Gasteiger partial charge in [-0.25, -0.2) is 20.3 Å². The molecule has 0 radical (unpaired) electrons. The first-order valence-electron chi connectivity index (χ1n) is 15.2. The Kier molecular flexibility index (Phi) is 14.2. The smallest absolute Gasteiger partial charge is 0.246 e. The lowest BCUT2D eigenvalue weighted by atomic mass is 9.59. The molecule has 0 bridgehead atoms. The summed E-state index contributed by atoms with van der Waals surface area (Å²) in [5, 5.41) is 31.6. The van der Waals surface area contributed by atoms with E-state index in [1.165, 1.54) is 0 Å². The van der Waals surface area contributed by atoms with Crippen molar-refractivity contribution in [2.24, 2.45) is 32.5 Å². The fourth-order valence-corrected chi connectivity index (χ4v) is 4.88. The lowest BCUT2D eigenvalue weighted by molar-refractivity contribution is -0.761. The van der Waals surface area contributed by atoms with Crippen LogP contribution in [0.25, 0.3) is 0 Å². The molecule has 0 aromatic carbocycles. The van der Waals surface area contributed by atoms with E-state index < -0.39 is 44.8 Å². The summed E-state index contributed by atoms with van der Waals surface area (Å²) in [6, 6.07) is 0. The number of hydrogen-bond acceptors (Lipinski definition) is 12. The van der Waals surface area contributed by atoms with E-state index in [0.29, 0.717) is 12.8 Å². The van der Waals surface area contributed by atoms with Crippen LogP contribution in [0.15, 0.2) is 0 Å². The minimum absolute atomic E-state index is 0.336. The zero-order chi connectivity index (χ0) is 35.5. The van der Waals surface area contributed by atoms with Crippen LogP contribution in [0.2, 0.25) is 0 Å². The molecule has 0 saturated carbocycles. The van der Waals surface area contributed by atoms with Crippen molar-refractivity contribution in [3.63, 3.8) is 0 Å². The Morgan fingerprint density at radius 3 is 0.773 bits per heavy atom. The molecule has 0 rings (SSSR count). The van der Waals surface area contributed by atoms with Crippen molar-refractivity contribution in [2.75, 3.05) is 0 Å². The standard InChI is InChI=1S/C32H66O12/c1-23(2,3)21-29(19,25(7,8)9)31(35-33,41-43-37-27(13,14)15)39-40-32(36-34,42-44-38-28(16,17)18)30(20,26(10,11)12)22-24(4,5)6/h33-34H,21-22H2,1-20H3. The first-order chi connectivity index (χ1) is 19.2. The van der Waals surface area contributed by atoms with Gasteiger partial charge in [-0.15, -0.1) is 9.78 Å². The predicted octanol–water partition coefficient (Wildman–Crippen LogP) is 9.56. The zero-order valence-electron chi connectivity index (χ0n) is 31.4. The molecule has 0 aliphatic carbocycles. The summed E-state index contributed by atoms with van der Waals surface area (Å²) in [5.41, 5.74) is -6.32. The van der Waals surface area contributed by atoms with Crippen LogP contribution in [0.3, 0.4) is 0 Å². The predicted molar refractivity (Wildman–Crippen MR) is 164 cm³/mol. The van der Waals surface area contributed by atoms with Crippen LogP contribution in [-0.4, -0.2) is 33.7 Å². The molecule has 0 amide bonds. The topological polar surface area (TPSA) is 133 Å². The molecule has 0 aliphatic rings. The second-order valence-corrected chi connectivity index (χ2v) is 18.8. The van der Waals surface area contributed by atoms with Crippen LogP contribution in [-0.2, 0) is 49.2 Å². The van der Waals surface area contributed by atoms with Crippen molar-refractivity contribution in [1.82, 2.24) is 0 Å². The van der Waals surface area contributed by atoms with Crippen LogP contribution in [0.5, 0.6) is 0 Å². The number of hydrogen-bond donors (Lipinski definition) is 2. The summed E-state index contributed by atoms with van der Waals surface area (Å²) < 4.78 is 0. The Hall–Kier alpha value is -0.480. The quantitative estimate of drug-likeness (QED) is 0.100. The fraction of sp³-hybridized carbons (Fsp3) is 1.00. The minimum Gasteiger partial charge on any atom is -0.246 e. The van der Waals surface area contributed by atoms with Gasteiger partial charge in [-0.1, -0.05) is 107 Å². The summed E-state index contributed by atoms with van der Waals surface area (Å²) in [7, 11) is 0. The van der Waals surface area contributed by atoms with Gasteiger partial charge in [0.15, 0.2) is 0 Å². The summed E-state index contributed by atoms with van der Waals surface area (Å²) >= 11 is 0. The average Bonchev–Trinajstić information content (AvgIpc) is 2.74. The second kappa shape index (κ2) is 14.3. The highest BCUT2D eigenvalue weighted by molar-refractivity contribution is 4.98. The van der Waals surface area contributed by atoms with Crippen molar-refractivity contribution in [2.45, 2.75) is 174 Å². The maximum Gasteiger partial charge on any atom is 0.374 e. The van der Waals surface area contributed by atoms with E-state index in [1.807, 2.05) is 83.1 Å². The van der Waals surface area contributed by atoms with Crippen LogP contribution in [0.1, 0.15) is 151 Å². The van der Waals surface area contributed by atoms with Crippen LogP contribution in [0, 0.1) is 32.5 Å². The Morgan fingerprint density at radius 2 is 0.614 bits per heavy atom. The Bertz CT molecular complexity index is 797. The SMILES string of the molecule is CC(C)(C)CC(C)(C(C)(C)C)C(OO)(OOOC(C)(C)C)OOC(OO)(OOOC(C)(C)C)C(C)(CC(C)(C)C)C(C)(C)C. The molecule has 0 aromatic heterocycles. The summed E-state index contributed by atoms with van der Waals surface area (Å²) in [5.74, 6) is -5.13. The fourth-order valence-electron chi connectivity index (χ4n) is 4.88. The van der Waals surface area contributed by atoms with Crippen molar-refractivity contribution in [3.05, 3.63) is 0 Å². The summed E-state index contributed by atoms with van der Waals surface area (Å²) in [6.07, 6.45) is 0.671. The van der Waals surface area contributed by atoms with Gasteiger partial charge in [0.1, 0.15) is 0 Å². The Labute approximate surface area is 266 Å². The van der Waals surface area contributed by atoms with Gasteiger partial charge in [-0.3, -0.25) is 0 Å². The van der Waals surface area contributed by atoms with Gasteiger partial charge >= 0.3 is 11.9 Å². The van der Waals surface area contributed by atoms with Crippen LogP contribution < -0.4 is 0 Å². The van der Waals surface area contributed by atoms with Crippen LogP contribution in [0.4, 0.5) is 0 Å². The zero-order valence-corrected chi connectivity index (χ0v) is 31.4. The molecule has 2 N–H and O–H groups in total. The van der Waals surface area contributed by atoms with E-state index in [0.717, 1.165) is 0 Å². The molecule has 4 atom stereocenters. The van der Waals surface area contributed by atoms with Gasteiger partial charge in [-0.05, 0) is 76.0 Å². The summed E-state index contributed by atoms with van der Waals surface area (Å²) in [6.45, 7) is 37.5. The molecular weight excluding hydrogens is 576 g/mol. The molecule has 4 unspecified atom stereocenters. The van der Waals surface area contributed by atoms with Gasteiger partial charge in [0.25, 0.3) is 0 Å². The maximum atomic E-state index is 10.6. The van der Waals surface area contributed by atoms with E-state index >= 15 is 0 Å². The average molecular weight is 643 g/mol. The largest absolute Gasteiger partial charge is 0.374 e. The molecule has 0 fully saturated rings. The van der Waals surface area contributed by atoms with Crippen molar-refractivity contribution < 1.29 is 59.7 Å². The highest BCUT2D eigenvalue weighted by atomic mass is 17.6. The molecule has 12 heteroatoms. The molecule has 12 nitrogen and oxygen atoms in total. The molecule has 0 saturated heterocycles. The Morgan fingerprint density at radius 1 is 0.364 bits per heavy atom. The van der Waals surface area contributed by atoms with Gasteiger partial charge < -0.3 is 0 Å². The van der Waals surface area contributed by atoms with Crippen molar-refractivity contribution in [1.29, 1.82) is 0 Å². The minimum atomic E-state index is -2.57. The highest BCUT2D eigenvalue weighted by Gasteiger charge is 2.68. The maximum absolute atomic E-state index is 10.6. The number of rotatable bonds is 15. The first-order valence-corrected chi connectivity index (χ1v) is 15.2. The highest BCUT2D eigenvalue weighted by Crippen LogP contribution is 2.59. The molecule has 0 heterocycles. The van der Waals surface area contributed by atoms with E-state index in [9.17, 15) is 10.5 Å². The first kappa shape index (κ1) is 43.5. The Balaban J connectivity index is 7.46. The van der Waals surface area contributed by atoms with Gasteiger partial charge in [0, 0.05) is 0 Å². The second-order valence-electron chi connectivity index (χ2n) is 18.8. The third kappa shape index (κ3) is 11.6. The molecular formula is C32H66O12. The molecule has 0 aliphatic heterocycles. The van der Waals surface area contributed by atoms with Gasteiger partial charge in [-0.2, -0.15) is 19.6 Å². The molecule has 44 heavy (non-hydrogen) atoms. The third-order valence-electron chi connectivity index (χ3n) is 7.79. The lowest BCUT2D eigenvalue weighted by Gasteiger charge is -2.54. The summed E-state index contributed by atoms with van der Waals surface area (Å²) in [4.78, 5) is 44.2. The van der Waals surface area contributed by atoms with E-state index in [2.05, 4.69) is 0 Å². The molecule has 0 spiro atoms. The van der Waals surface area contributed by atoms with Crippen molar-refractivity contribution >= 4 is 0 Å². The monoisotopic (exact) mass is 642 g/mol. The van der Waals surface area contributed by atoms with Gasteiger partial charge in [0.2, 0.25) is 0 Å². The molecule has 0 aromatic rings. The van der Waals surface area contributed by atoms with Crippen LogP contribution >= 0.6 is 0 Å². The van der Waals surface area contributed by atoms with Crippen molar-refractivity contribution in [3.8, 4) is 0 Å². The molecule has 266 valence electrons. The lowest BCUT2D eigenvalue weighted by Crippen LogP contribution is -2.64. The van der Waals surface area contributed by atoms with E-state index in [4.69, 9.17) is 49.2 Å². The third-order valence-corrected chi connectivity index (χ3v) is 7.79. The van der Waals surface area contributed by atoms with Gasteiger partial charge in [0.05, 0.1) is 22.0 Å². The van der Waals surface area contributed by atoms with E-state index in [-0.39, 0.29) is 10.8 Å². The normalized spacial score (nSPS) is 20.0. The van der Waals surface area contributed by atoms with E-state index in [1.54, 1.807) is 55.4 Å².